The number of aryl methyl sites for hydroxylation is 1. The van der Waals surface area contributed by atoms with Crippen LogP contribution in [-0.4, -0.2) is 80.5 Å². The van der Waals surface area contributed by atoms with Crippen molar-refractivity contribution in [3.05, 3.63) is 59.7 Å². The summed E-state index contributed by atoms with van der Waals surface area (Å²) in [5, 5.41) is 14.0. The summed E-state index contributed by atoms with van der Waals surface area (Å²) in [4.78, 5) is 65.7. The Bertz CT molecular complexity index is 1380. The molecule has 264 valence electrons. The standard InChI is InChI=1S/C34H48N6O7.ClH/c1-21(2)30-34(45)37-17-8-12-24-14-15-27(46-4)28(19-24)47-20-29(41)36-16-9-13-25(38-31(42)22(3)35)32(43)39-26(33(44)40-30)18-23-10-6-5-7-11-23;/h5-7,10-11,14-15,19,21-22,25-26,30H,8-9,12-13,16-18,20,35H2,1-4H3,(H,36,41)(H,37,45)(H,38,42)(H,39,43)(H,40,44);1H/t22-,25+,26+,30-;/m1./s1. The molecule has 0 saturated heterocycles. The van der Waals surface area contributed by atoms with Crippen molar-refractivity contribution < 1.29 is 33.4 Å². The van der Waals surface area contributed by atoms with E-state index in [9.17, 15) is 24.0 Å². The Balaban J connectivity index is 0.00000800. The van der Waals surface area contributed by atoms with Gasteiger partial charge in [-0.25, -0.2) is 0 Å². The van der Waals surface area contributed by atoms with Crippen molar-refractivity contribution in [3.8, 4) is 11.5 Å². The highest BCUT2D eigenvalue weighted by Gasteiger charge is 2.31. The van der Waals surface area contributed by atoms with E-state index in [-0.39, 0.29) is 56.1 Å². The summed E-state index contributed by atoms with van der Waals surface area (Å²) < 4.78 is 11.1. The molecule has 0 aromatic heterocycles. The van der Waals surface area contributed by atoms with E-state index in [1.807, 2.05) is 50.2 Å². The van der Waals surface area contributed by atoms with Crippen LogP contribution in [-0.2, 0) is 36.8 Å². The van der Waals surface area contributed by atoms with E-state index in [0.717, 1.165) is 11.1 Å². The lowest BCUT2D eigenvalue weighted by molar-refractivity contribution is -0.134. The van der Waals surface area contributed by atoms with Gasteiger partial charge in [0.15, 0.2) is 18.1 Å². The van der Waals surface area contributed by atoms with Gasteiger partial charge >= 0.3 is 0 Å². The normalized spacial score (nSPS) is 20.9. The molecule has 1 aliphatic heterocycles. The van der Waals surface area contributed by atoms with Gasteiger partial charge in [0.25, 0.3) is 5.91 Å². The van der Waals surface area contributed by atoms with Crippen LogP contribution in [0.4, 0.5) is 0 Å². The van der Waals surface area contributed by atoms with Crippen molar-refractivity contribution in [1.82, 2.24) is 26.6 Å². The predicted molar refractivity (Wildman–Crippen MR) is 184 cm³/mol. The third kappa shape index (κ3) is 12.7. The van der Waals surface area contributed by atoms with Crippen LogP contribution in [0.25, 0.3) is 0 Å². The number of methoxy groups -OCH3 is 1. The number of amides is 5. The lowest BCUT2D eigenvalue weighted by Gasteiger charge is -2.27. The van der Waals surface area contributed by atoms with Gasteiger partial charge in [-0.3, -0.25) is 24.0 Å². The van der Waals surface area contributed by atoms with E-state index in [0.29, 0.717) is 37.3 Å². The van der Waals surface area contributed by atoms with Crippen molar-refractivity contribution in [3.63, 3.8) is 0 Å². The smallest absolute Gasteiger partial charge is 0.257 e. The number of carbonyl (C=O) groups excluding carboxylic acids is 5. The molecule has 0 spiro atoms. The molecule has 14 heteroatoms. The topological polar surface area (TPSA) is 190 Å². The maximum absolute atomic E-state index is 13.7. The first-order chi connectivity index (χ1) is 22.5. The van der Waals surface area contributed by atoms with Crippen LogP contribution >= 0.6 is 12.4 Å². The van der Waals surface area contributed by atoms with Gasteiger partial charge in [0, 0.05) is 19.5 Å². The van der Waals surface area contributed by atoms with Gasteiger partial charge in [0.1, 0.15) is 18.1 Å². The van der Waals surface area contributed by atoms with Gasteiger partial charge in [0.05, 0.1) is 13.2 Å². The molecule has 0 saturated carbocycles. The number of ether oxygens (including phenoxy) is 2. The number of hydrogen-bond donors (Lipinski definition) is 6. The molecule has 0 aliphatic carbocycles. The van der Waals surface area contributed by atoms with E-state index < -0.39 is 41.9 Å². The summed E-state index contributed by atoms with van der Waals surface area (Å²) in [6, 6.07) is 10.8. The maximum Gasteiger partial charge on any atom is 0.257 e. The van der Waals surface area contributed by atoms with Crippen LogP contribution in [0.15, 0.2) is 48.5 Å². The third-order valence-corrected chi connectivity index (χ3v) is 7.73. The first-order valence-corrected chi connectivity index (χ1v) is 16.0. The minimum atomic E-state index is -1.05. The second-order valence-electron chi connectivity index (χ2n) is 12.0. The quantitative estimate of drug-likeness (QED) is 0.261. The lowest BCUT2D eigenvalue weighted by atomic mass is 10.00. The van der Waals surface area contributed by atoms with Crippen LogP contribution in [0.2, 0.25) is 0 Å². The predicted octanol–water partition coefficient (Wildman–Crippen LogP) is 1.15. The Labute approximate surface area is 288 Å². The van der Waals surface area contributed by atoms with Crippen molar-refractivity contribution >= 4 is 41.9 Å². The molecular weight excluding hydrogens is 640 g/mol. The average molecular weight is 689 g/mol. The molecule has 0 radical (unpaired) electrons. The Morgan fingerprint density at radius 3 is 2.33 bits per heavy atom. The number of benzene rings is 2. The van der Waals surface area contributed by atoms with Gasteiger partial charge in [-0.05, 0) is 61.8 Å². The fraction of sp³-hybridized carbons (Fsp3) is 0.500. The van der Waals surface area contributed by atoms with E-state index >= 15 is 0 Å². The van der Waals surface area contributed by atoms with Gasteiger partial charge < -0.3 is 41.8 Å². The molecule has 4 atom stereocenters. The zero-order chi connectivity index (χ0) is 34.3. The molecule has 3 rings (SSSR count). The fourth-order valence-corrected chi connectivity index (χ4v) is 5.02. The van der Waals surface area contributed by atoms with Crippen molar-refractivity contribution in [2.75, 3.05) is 26.8 Å². The zero-order valence-corrected chi connectivity index (χ0v) is 28.8. The summed E-state index contributed by atoms with van der Waals surface area (Å²) in [7, 11) is 1.51. The molecule has 2 aromatic carbocycles. The number of nitrogens with two attached hydrogens (primary N) is 1. The largest absolute Gasteiger partial charge is 0.493 e. The number of nitrogens with one attached hydrogen (secondary N) is 5. The van der Waals surface area contributed by atoms with Crippen molar-refractivity contribution in [2.45, 2.75) is 77.0 Å². The van der Waals surface area contributed by atoms with Crippen LogP contribution in [0.3, 0.4) is 0 Å². The molecule has 2 bridgehead atoms. The Morgan fingerprint density at radius 1 is 0.958 bits per heavy atom. The highest BCUT2D eigenvalue weighted by Crippen LogP contribution is 2.28. The molecule has 1 heterocycles. The van der Waals surface area contributed by atoms with E-state index in [4.69, 9.17) is 15.2 Å². The molecule has 0 unspecified atom stereocenters. The molecule has 5 amide bonds. The lowest BCUT2D eigenvalue weighted by Crippen LogP contribution is -2.59. The Morgan fingerprint density at radius 2 is 1.67 bits per heavy atom. The molecule has 1 aliphatic rings. The molecule has 7 N–H and O–H groups in total. The summed E-state index contributed by atoms with van der Waals surface area (Å²) in [6.07, 6.45) is 1.86. The summed E-state index contributed by atoms with van der Waals surface area (Å²) >= 11 is 0. The van der Waals surface area contributed by atoms with Crippen molar-refractivity contribution in [2.24, 2.45) is 11.7 Å². The SMILES string of the molecule is COc1ccc2cc1OCC(=O)NCCC[C@H](NC(=O)[C@@H](C)N)C(=O)N[C@@H](Cc1ccccc1)C(=O)N[C@H](C(C)C)C(=O)NCCC2.Cl. The monoisotopic (exact) mass is 688 g/mol. The number of hydrogen-bond acceptors (Lipinski definition) is 8. The molecule has 13 nitrogen and oxygen atoms in total. The fourth-order valence-electron chi connectivity index (χ4n) is 5.02. The van der Waals surface area contributed by atoms with Gasteiger partial charge in [-0.15, -0.1) is 12.4 Å². The Kier molecular flexibility index (Phi) is 16.7. The van der Waals surface area contributed by atoms with Crippen LogP contribution in [0.1, 0.15) is 51.2 Å². The highest BCUT2D eigenvalue weighted by molar-refractivity contribution is 5.95. The summed E-state index contributed by atoms with van der Waals surface area (Å²) in [5.74, 6) is -1.74. The second kappa shape index (κ2) is 20.1. The number of fused-ring (bicyclic) bond motifs is 2. The van der Waals surface area contributed by atoms with E-state index in [2.05, 4.69) is 26.6 Å². The van der Waals surface area contributed by atoms with Crippen LogP contribution in [0, 0.1) is 5.92 Å². The van der Waals surface area contributed by atoms with E-state index in [1.165, 1.54) is 14.0 Å². The third-order valence-electron chi connectivity index (χ3n) is 7.73. The van der Waals surface area contributed by atoms with Crippen molar-refractivity contribution in [1.29, 1.82) is 0 Å². The number of carbonyl (C=O) groups is 5. The summed E-state index contributed by atoms with van der Waals surface area (Å²) in [6.45, 7) is 5.46. The number of halogens is 1. The highest BCUT2D eigenvalue weighted by atomic mass is 35.5. The first-order valence-electron chi connectivity index (χ1n) is 16.0. The van der Waals surface area contributed by atoms with Gasteiger partial charge in [-0.2, -0.15) is 0 Å². The zero-order valence-electron chi connectivity index (χ0n) is 28.0. The first kappa shape index (κ1) is 39.8. The number of rotatable bonds is 6. The molecule has 48 heavy (non-hydrogen) atoms. The van der Waals surface area contributed by atoms with Gasteiger partial charge in [0.2, 0.25) is 23.6 Å². The molecular formula is C34H49ClN6O7. The molecule has 0 fully saturated rings. The second-order valence-corrected chi connectivity index (χ2v) is 12.0. The molecule has 2 aromatic rings. The summed E-state index contributed by atoms with van der Waals surface area (Å²) in [5.41, 5.74) is 7.49. The van der Waals surface area contributed by atoms with Gasteiger partial charge in [-0.1, -0.05) is 50.2 Å². The van der Waals surface area contributed by atoms with E-state index in [1.54, 1.807) is 12.1 Å². The minimum Gasteiger partial charge on any atom is -0.493 e. The Hall–Kier alpha value is -4.36. The van der Waals surface area contributed by atoms with Crippen LogP contribution < -0.4 is 41.8 Å². The van der Waals surface area contributed by atoms with Crippen LogP contribution in [0.5, 0.6) is 11.5 Å². The average Bonchev–Trinajstić information content (AvgIpc) is 3.05. The maximum atomic E-state index is 13.7. The minimum absolute atomic E-state index is 0.